The normalized spacial score (nSPS) is 11.2. The summed E-state index contributed by atoms with van der Waals surface area (Å²) in [5.41, 5.74) is 2.10. The van der Waals surface area contributed by atoms with Gasteiger partial charge in [0.1, 0.15) is 23.8 Å². The van der Waals surface area contributed by atoms with Crippen LogP contribution in [-0.4, -0.2) is 25.4 Å². The van der Waals surface area contributed by atoms with Gasteiger partial charge in [0.15, 0.2) is 16.7 Å². The number of nitrogens with one attached hydrogen (secondary N) is 1. The summed E-state index contributed by atoms with van der Waals surface area (Å²) >= 11 is 0. The Balaban J connectivity index is 1.78. The Morgan fingerprint density at radius 2 is 1.93 bits per heavy atom. The van der Waals surface area contributed by atoms with Crippen LogP contribution in [0.15, 0.2) is 53.9 Å². The average molecular weight is 389 g/mol. The Hall–Kier alpha value is -4.19. The number of hydrogen-bond acceptors (Lipinski definition) is 5. The second-order valence-electron chi connectivity index (χ2n) is 6.17. The molecule has 142 valence electrons. The topological polar surface area (TPSA) is 95.6 Å². The van der Waals surface area contributed by atoms with Gasteiger partial charge in [0, 0.05) is 17.3 Å². The third-order valence-electron chi connectivity index (χ3n) is 4.30. The molecule has 0 bridgehead atoms. The zero-order valence-electron chi connectivity index (χ0n) is 15.1. The van der Waals surface area contributed by atoms with E-state index in [0.717, 1.165) is 22.5 Å². The zero-order valence-corrected chi connectivity index (χ0v) is 15.1. The molecule has 7 nitrogen and oxygen atoms in total. The largest absolute Gasteiger partial charge is 0.281 e. The highest BCUT2D eigenvalue weighted by Crippen LogP contribution is 2.18. The Morgan fingerprint density at radius 3 is 2.62 bits per heavy atom. The number of benzene rings is 2. The van der Waals surface area contributed by atoms with Crippen LogP contribution in [0.3, 0.4) is 0 Å². The minimum atomic E-state index is -0.754. The number of rotatable bonds is 3. The van der Waals surface area contributed by atoms with Gasteiger partial charge in [-0.15, -0.1) is 0 Å². The molecule has 2 heterocycles. The van der Waals surface area contributed by atoms with Gasteiger partial charge in [-0.2, -0.15) is 10.4 Å². The minimum Gasteiger partial charge on any atom is -0.281 e. The fourth-order valence-electron chi connectivity index (χ4n) is 2.89. The van der Waals surface area contributed by atoms with Crippen molar-refractivity contribution in [2.24, 2.45) is 5.10 Å². The first-order valence-corrected chi connectivity index (χ1v) is 8.49. The van der Waals surface area contributed by atoms with Gasteiger partial charge in [0.2, 0.25) is 0 Å². The first-order chi connectivity index (χ1) is 14.0. The molecule has 0 aliphatic rings. The van der Waals surface area contributed by atoms with E-state index in [9.17, 15) is 8.78 Å². The molecule has 0 amide bonds. The van der Waals surface area contributed by atoms with E-state index in [0.29, 0.717) is 22.6 Å². The highest BCUT2D eigenvalue weighted by molar-refractivity contribution is 5.80. The molecule has 0 unspecified atom stereocenters. The molecule has 4 aromatic rings. The van der Waals surface area contributed by atoms with E-state index in [1.165, 1.54) is 18.6 Å². The SMILES string of the molecule is Cc1nc2c(=N)n(/N=C\c3ccc(F)cc3F)cnc2n1-c1ccc(C#N)cc1. The average Bonchev–Trinajstić information content (AvgIpc) is 3.05. The lowest BCUT2D eigenvalue weighted by Gasteiger charge is -2.06. The van der Waals surface area contributed by atoms with Crippen molar-refractivity contribution in [3.63, 3.8) is 0 Å². The Morgan fingerprint density at radius 1 is 1.17 bits per heavy atom. The molecular weight excluding hydrogens is 376 g/mol. The monoisotopic (exact) mass is 389 g/mol. The Labute approximate surface area is 163 Å². The molecule has 0 radical (unpaired) electrons. The molecule has 0 saturated carbocycles. The lowest BCUT2D eigenvalue weighted by Crippen LogP contribution is -2.18. The van der Waals surface area contributed by atoms with Gasteiger partial charge >= 0.3 is 0 Å². The smallest absolute Gasteiger partial charge is 0.177 e. The molecule has 0 aliphatic carbocycles. The maximum Gasteiger partial charge on any atom is 0.177 e. The van der Waals surface area contributed by atoms with Crippen molar-refractivity contribution in [2.75, 3.05) is 0 Å². The van der Waals surface area contributed by atoms with Crippen molar-refractivity contribution in [3.8, 4) is 11.8 Å². The van der Waals surface area contributed by atoms with Crippen LogP contribution >= 0.6 is 0 Å². The second kappa shape index (κ2) is 7.09. The summed E-state index contributed by atoms with van der Waals surface area (Å²) < 4.78 is 29.7. The number of imidazole rings is 1. The fraction of sp³-hybridized carbons (Fsp3) is 0.0500. The third kappa shape index (κ3) is 3.27. The number of nitriles is 1. The van der Waals surface area contributed by atoms with Crippen LogP contribution in [0.2, 0.25) is 0 Å². The van der Waals surface area contributed by atoms with Crippen LogP contribution < -0.4 is 5.49 Å². The van der Waals surface area contributed by atoms with Crippen LogP contribution in [0.5, 0.6) is 0 Å². The van der Waals surface area contributed by atoms with Crippen molar-refractivity contribution < 1.29 is 8.78 Å². The fourth-order valence-corrected chi connectivity index (χ4v) is 2.89. The first-order valence-electron chi connectivity index (χ1n) is 8.49. The summed E-state index contributed by atoms with van der Waals surface area (Å²) in [6.45, 7) is 1.78. The Bertz CT molecular complexity index is 1360. The van der Waals surface area contributed by atoms with Gasteiger partial charge < -0.3 is 0 Å². The van der Waals surface area contributed by atoms with Crippen LogP contribution in [0.25, 0.3) is 16.9 Å². The molecule has 0 fully saturated rings. The summed E-state index contributed by atoms with van der Waals surface area (Å²) in [6, 6.07) is 12.1. The lowest BCUT2D eigenvalue weighted by molar-refractivity contribution is 0.582. The van der Waals surface area contributed by atoms with Crippen LogP contribution in [0.4, 0.5) is 8.78 Å². The summed E-state index contributed by atoms with van der Waals surface area (Å²) in [5.74, 6) is -0.826. The molecule has 0 atom stereocenters. The predicted molar refractivity (Wildman–Crippen MR) is 102 cm³/mol. The molecule has 29 heavy (non-hydrogen) atoms. The molecule has 0 saturated heterocycles. The lowest BCUT2D eigenvalue weighted by atomic mass is 10.2. The molecule has 0 spiro atoms. The van der Waals surface area contributed by atoms with Crippen LogP contribution in [-0.2, 0) is 0 Å². The molecule has 1 N–H and O–H groups in total. The number of aryl methyl sites for hydroxylation is 1. The van der Waals surface area contributed by atoms with E-state index in [4.69, 9.17) is 10.7 Å². The first kappa shape index (κ1) is 18.2. The Kier molecular flexibility index (Phi) is 4.44. The van der Waals surface area contributed by atoms with Crippen molar-refractivity contribution >= 4 is 17.4 Å². The molecular formula is C20H13F2N7. The molecule has 0 aliphatic heterocycles. The van der Waals surface area contributed by atoms with E-state index >= 15 is 0 Å². The standard InChI is InChI=1S/C20H13F2N7/c1-12-27-18-19(24)28(26-10-14-4-5-15(21)8-17(14)22)11-25-20(18)29(12)16-6-2-13(9-23)3-7-16/h2-8,10-11,24H,1H3/b24-19?,26-10-. The van der Waals surface area contributed by atoms with E-state index in [1.807, 2.05) is 0 Å². The van der Waals surface area contributed by atoms with Crippen molar-refractivity contribution in [1.29, 1.82) is 10.7 Å². The molecule has 9 heteroatoms. The van der Waals surface area contributed by atoms with Crippen molar-refractivity contribution in [1.82, 2.24) is 19.2 Å². The highest BCUT2D eigenvalue weighted by atomic mass is 19.1. The summed E-state index contributed by atoms with van der Waals surface area (Å²) in [4.78, 5) is 8.75. The van der Waals surface area contributed by atoms with E-state index < -0.39 is 11.6 Å². The van der Waals surface area contributed by atoms with Gasteiger partial charge in [-0.1, -0.05) is 0 Å². The van der Waals surface area contributed by atoms with E-state index in [-0.39, 0.29) is 11.1 Å². The van der Waals surface area contributed by atoms with Gasteiger partial charge in [-0.3, -0.25) is 9.98 Å². The summed E-state index contributed by atoms with van der Waals surface area (Å²) in [6.07, 6.45) is 2.51. The van der Waals surface area contributed by atoms with Gasteiger partial charge in [-0.25, -0.2) is 23.4 Å². The molecule has 2 aromatic heterocycles. The van der Waals surface area contributed by atoms with E-state index in [2.05, 4.69) is 21.1 Å². The number of aromatic nitrogens is 4. The zero-order chi connectivity index (χ0) is 20.5. The van der Waals surface area contributed by atoms with Gasteiger partial charge in [-0.05, 0) is 43.3 Å². The van der Waals surface area contributed by atoms with Gasteiger partial charge in [0.05, 0.1) is 17.8 Å². The number of nitrogens with zero attached hydrogens (tertiary/aromatic N) is 6. The third-order valence-corrected chi connectivity index (χ3v) is 4.30. The summed E-state index contributed by atoms with van der Waals surface area (Å²) in [5, 5.41) is 21.4. The maximum atomic E-state index is 13.8. The van der Waals surface area contributed by atoms with Crippen LogP contribution in [0.1, 0.15) is 17.0 Å². The summed E-state index contributed by atoms with van der Waals surface area (Å²) in [7, 11) is 0. The predicted octanol–water partition coefficient (Wildman–Crippen LogP) is 3.04. The second-order valence-corrected chi connectivity index (χ2v) is 6.17. The number of halogens is 2. The molecule has 2 aromatic carbocycles. The molecule has 4 rings (SSSR count). The van der Waals surface area contributed by atoms with Gasteiger partial charge in [0.25, 0.3) is 0 Å². The number of hydrogen-bond donors (Lipinski definition) is 1. The minimum absolute atomic E-state index is 0.0377. The highest BCUT2D eigenvalue weighted by Gasteiger charge is 2.13. The van der Waals surface area contributed by atoms with Crippen molar-refractivity contribution in [3.05, 3.63) is 82.9 Å². The van der Waals surface area contributed by atoms with Crippen molar-refractivity contribution in [2.45, 2.75) is 6.92 Å². The quantitative estimate of drug-likeness (QED) is 0.546. The number of fused-ring (bicyclic) bond motifs is 1. The maximum absolute atomic E-state index is 13.8. The van der Waals surface area contributed by atoms with Crippen LogP contribution in [0, 0.1) is 35.3 Å². The van der Waals surface area contributed by atoms with E-state index in [1.54, 1.807) is 35.8 Å².